The lowest BCUT2D eigenvalue weighted by Gasteiger charge is -2.30. The van der Waals surface area contributed by atoms with Crippen LogP contribution in [0.3, 0.4) is 0 Å². The number of aromatic nitrogens is 2. The standard InChI is InChI=1S/C14H18N4O/c1-18-6-7-19-11(9-18)8-15-14-12-4-2-3-5-13(12)16-10-17-14/h2-5,10-11H,6-9H2,1H3,(H,15,16,17)/t11-/m1/s1. The number of benzene rings is 1. The first-order chi connectivity index (χ1) is 9.33. The van der Waals surface area contributed by atoms with E-state index in [1.165, 1.54) is 0 Å². The molecule has 1 fully saturated rings. The number of ether oxygens (including phenoxy) is 1. The van der Waals surface area contributed by atoms with Crippen molar-refractivity contribution in [2.75, 3.05) is 38.6 Å². The molecule has 0 amide bonds. The minimum absolute atomic E-state index is 0.215. The number of hydrogen-bond acceptors (Lipinski definition) is 5. The molecule has 2 heterocycles. The van der Waals surface area contributed by atoms with E-state index in [0.29, 0.717) is 0 Å². The molecule has 2 aromatic rings. The summed E-state index contributed by atoms with van der Waals surface area (Å²) < 4.78 is 5.73. The van der Waals surface area contributed by atoms with Gasteiger partial charge in [0.2, 0.25) is 0 Å². The molecule has 5 nitrogen and oxygen atoms in total. The predicted molar refractivity (Wildman–Crippen MR) is 75.3 cm³/mol. The molecule has 0 unspecified atom stereocenters. The van der Waals surface area contributed by atoms with E-state index >= 15 is 0 Å². The van der Waals surface area contributed by atoms with E-state index in [4.69, 9.17) is 4.74 Å². The van der Waals surface area contributed by atoms with Gasteiger partial charge in [-0.3, -0.25) is 0 Å². The fraction of sp³-hybridized carbons (Fsp3) is 0.429. The van der Waals surface area contributed by atoms with Gasteiger partial charge in [-0.2, -0.15) is 0 Å². The van der Waals surface area contributed by atoms with Gasteiger partial charge < -0.3 is 15.0 Å². The molecule has 1 aromatic heterocycles. The highest BCUT2D eigenvalue weighted by molar-refractivity contribution is 5.88. The third-order valence-corrected chi connectivity index (χ3v) is 3.38. The van der Waals surface area contributed by atoms with Crippen molar-refractivity contribution >= 4 is 16.7 Å². The van der Waals surface area contributed by atoms with E-state index in [1.54, 1.807) is 6.33 Å². The zero-order valence-corrected chi connectivity index (χ0v) is 11.0. The van der Waals surface area contributed by atoms with Gasteiger partial charge in [0, 0.05) is 25.0 Å². The zero-order valence-electron chi connectivity index (χ0n) is 11.0. The Bertz CT molecular complexity index is 555. The number of nitrogens with zero attached hydrogens (tertiary/aromatic N) is 3. The first-order valence-corrected chi connectivity index (χ1v) is 6.57. The molecule has 1 aliphatic rings. The van der Waals surface area contributed by atoms with Crippen LogP contribution in [0.15, 0.2) is 30.6 Å². The van der Waals surface area contributed by atoms with E-state index in [2.05, 4.69) is 27.2 Å². The molecule has 0 aliphatic carbocycles. The number of likely N-dealkylation sites (N-methyl/N-ethyl adjacent to an activating group) is 1. The number of rotatable bonds is 3. The molecule has 1 saturated heterocycles. The number of anilines is 1. The number of hydrogen-bond donors (Lipinski definition) is 1. The molecule has 0 saturated carbocycles. The fourth-order valence-corrected chi connectivity index (χ4v) is 2.35. The van der Waals surface area contributed by atoms with Gasteiger partial charge >= 0.3 is 0 Å². The largest absolute Gasteiger partial charge is 0.374 e. The number of nitrogens with one attached hydrogen (secondary N) is 1. The van der Waals surface area contributed by atoms with Gasteiger partial charge in [0.25, 0.3) is 0 Å². The van der Waals surface area contributed by atoms with Gasteiger partial charge in [0.05, 0.1) is 18.2 Å². The van der Waals surface area contributed by atoms with Crippen molar-refractivity contribution < 1.29 is 4.74 Å². The van der Waals surface area contributed by atoms with E-state index in [1.807, 2.05) is 24.3 Å². The first-order valence-electron chi connectivity index (χ1n) is 6.57. The molecular weight excluding hydrogens is 240 g/mol. The topological polar surface area (TPSA) is 50.3 Å². The summed E-state index contributed by atoms with van der Waals surface area (Å²) in [5.74, 6) is 0.877. The highest BCUT2D eigenvalue weighted by Crippen LogP contribution is 2.18. The Kier molecular flexibility index (Phi) is 3.57. The quantitative estimate of drug-likeness (QED) is 0.901. The van der Waals surface area contributed by atoms with Gasteiger partial charge in [-0.05, 0) is 19.2 Å². The van der Waals surface area contributed by atoms with E-state index < -0.39 is 0 Å². The molecule has 0 radical (unpaired) electrons. The summed E-state index contributed by atoms with van der Waals surface area (Å²) in [6, 6.07) is 8.01. The normalized spacial score (nSPS) is 20.6. The molecule has 3 rings (SSSR count). The summed E-state index contributed by atoms with van der Waals surface area (Å²) in [6.07, 6.45) is 1.81. The Hall–Kier alpha value is -1.72. The van der Waals surface area contributed by atoms with Crippen LogP contribution in [0.25, 0.3) is 10.9 Å². The highest BCUT2D eigenvalue weighted by Gasteiger charge is 2.17. The Morgan fingerprint density at radius 1 is 1.37 bits per heavy atom. The smallest absolute Gasteiger partial charge is 0.137 e. The molecule has 0 spiro atoms. The molecule has 5 heteroatoms. The van der Waals surface area contributed by atoms with Crippen LogP contribution in [-0.2, 0) is 4.74 Å². The van der Waals surface area contributed by atoms with Crippen LogP contribution in [0.4, 0.5) is 5.82 Å². The van der Waals surface area contributed by atoms with Crippen molar-refractivity contribution in [3.8, 4) is 0 Å². The van der Waals surface area contributed by atoms with Crippen molar-refractivity contribution in [3.63, 3.8) is 0 Å². The lowest BCUT2D eigenvalue weighted by molar-refractivity contribution is -0.0117. The first kappa shape index (κ1) is 12.3. The molecule has 19 heavy (non-hydrogen) atoms. The number of fused-ring (bicyclic) bond motifs is 1. The van der Waals surface area contributed by atoms with Crippen molar-refractivity contribution in [1.82, 2.24) is 14.9 Å². The third-order valence-electron chi connectivity index (χ3n) is 3.38. The van der Waals surface area contributed by atoms with E-state index in [9.17, 15) is 0 Å². The monoisotopic (exact) mass is 258 g/mol. The number of para-hydroxylation sites is 1. The maximum atomic E-state index is 5.73. The highest BCUT2D eigenvalue weighted by atomic mass is 16.5. The summed E-state index contributed by atoms with van der Waals surface area (Å²) in [6.45, 7) is 3.53. The van der Waals surface area contributed by atoms with E-state index in [0.717, 1.165) is 43.0 Å². The molecule has 1 aliphatic heterocycles. The Morgan fingerprint density at radius 3 is 3.16 bits per heavy atom. The second kappa shape index (κ2) is 5.50. The van der Waals surface area contributed by atoms with Crippen molar-refractivity contribution in [2.24, 2.45) is 0 Å². The minimum Gasteiger partial charge on any atom is -0.374 e. The number of morpholine rings is 1. The zero-order chi connectivity index (χ0) is 13.1. The molecule has 1 aromatic carbocycles. The average molecular weight is 258 g/mol. The van der Waals surface area contributed by atoms with Gasteiger partial charge in [-0.25, -0.2) is 9.97 Å². The molecular formula is C14H18N4O. The maximum absolute atomic E-state index is 5.73. The van der Waals surface area contributed by atoms with Crippen molar-refractivity contribution in [2.45, 2.75) is 6.10 Å². The summed E-state index contributed by atoms with van der Waals surface area (Å²) in [5.41, 5.74) is 0.960. The second-order valence-corrected chi connectivity index (χ2v) is 4.88. The predicted octanol–water partition coefficient (Wildman–Crippen LogP) is 1.37. The van der Waals surface area contributed by atoms with Crippen LogP contribution in [0, 0.1) is 0 Å². The third kappa shape index (κ3) is 2.83. The van der Waals surface area contributed by atoms with Crippen molar-refractivity contribution in [1.29, 1.82) is 0 Å². The Labute approximate surface area is 112 Å². The second-order valence-electron chi connectivity index (χ2n) is 4.88. The lowest BCUT2D eigenvalue weighted by Crippen LogP contribution is -2.43. The van der Waals surface area contributed by atoms with Gasteiger partial charge in [0.1, 0.15) is 12.1 Å². The van der Waals surface area contributed by atoms with Crippen LogP contribution >= 0.6 is 0 Å². The molecule has 100 valence electrons. The van der Waals surface area contributed by atoms with E-state index in [-0.39, 0.29) is 6.10 Å². The van der Waals surface area contributed by atoms with Gasteiger partial charge in [-0.15, -0.1) is 0 Å². The molecule has 1 atom stereocenters. The van der Waals surface area contributed by atoms with Gasteiger partial charge in [-0.1, -0.05) is 12.1 Å². The SMILES string of the molecule is CN1CCO[C@H](CNc2ncnc3ccccc23)C1. The Morgan fingerprint density at radius 2 is 2.26 bits per heavy atom. The van der Waals surface area contributed by atoms with Crippen LogP contribution in [0.1, 0.15) is 0 Å². The van der Waals surface area contributed by atoms with Crippen molar-refractivity contribution in [3.05, 3.63) is 30.6 Å². The fourth-order valence-electron chi connectivity index (χ4n) is 2.35. The summed E-state index contributed by atoms with van der Waals surface area (Å²) in [5, 5.41) is 4.43. The van der Waals surface area contributed by atoms with Crippen LogP contribution < -0.4 is 5.32 Å². The summed E-state index contributed by atoms with van der Waals surface area (Å²) >= 11 is 0. The lowest BCUT2D eigenvalue weighted by atomic mass is 10.2. The van der Waals surface area contributed by atoms with Gasteiger partial charge in [0.15, 0.2) is 0 Å². The van der Waals surface area contributed by atoms with Crippen LogP contribution in [-0.4, -0.2) is 54.3 Å². The average Bonchev–Trinajstić information content (AvgIpc) is 2.45. The van der Waals surface area contributed by atoms with Crippen LogP contribution in [0.2, 0.25) is 0 Å². The maximum Gasteiger partial charge on any atom is 0.137 e. The molecule has 0 bridgehead atoms. The van der Waals surface area contributed by atoms with Crippen LogP contribution in [0.5, 0.6) is 0 Å². The summed E-state index contributed by atoms with van der Waals surface area (Å²) in [7, 11) is 2.12. The summed E-state index contributed by atoms with van der Waals surface area (Å²) in [4.78, 5) is 10.9. The molecule has 1 N–H and O–H groups in total. The Balaban J connectivity index is 1.71. The minimum atomic E-state index is 0.215.